The zero-order valence-electron chi connectivity index (χ0n) is 6.20. The summed E-state index contributed by atoms with van der Waals surface area (Å²) in [5, 5.41) is 0. The number of rotatable bonds is 0. The molecule has 0 spiro atoms. The predicted molar refractivity (Wildman–Crippen MR) is 45.2 cm³/mol. The van der Waals surface area contributed by atoms with Crippen LogP contribution in [0, 0.1) is 6.92 Å². The molecule has 0 atom stereocenters. The van der Waals surface area contributed by atoms with E-state index < -0.39 is 0 Å². The van der Waals surface area contributed by atoms with Crippen LogP contribution in [0.15, 0.2) is 30.3 Å². The second-order valence-electron chi connectivity index (χ2n) is 1.82. The molecule has 0 amide bonds. The highest BCUT2D eigenvalue weighted by molar-refractivity contribution is 7.64. The van der Waals surface area contributed by atoms with Crippen molar-refractivity contribution in [3.8, 4) is 0 Å². The lowest BCUT2D eigenvalue weighted by molar-refractivity contribution is 0.607. The third-order valence-electron chi connectivity index (χ3n) is 0.940. The quantitative estimate of drug-likeness (QED) is 0.524. The Bertz CT molecular complexity index is 172. The molecule has 54 valence electrons. The highest BCUT2D eigenvalue weighted by Gasteiger charge is 1.72. The molecule has 0 fully saturated rings. The lowest BCUT2D eigenvalue weighted by Gasteiger charge is -1.82. The Labute approximate surface area is 65.6 Å². The van der Waals surface area contributed by atoms with Gasteiger partial charge in [0.05, 0.1) is 0 Å². The fourth-order valence-electron chi connectivity index (χ4n) is 0.534. The maximum absolute atomic E-state index is 8.85. The molecule has 0 saturated carbocycles. The van der Waals surface area contributed by atoms with Crippen molar-refractivity contribution in [3.63, 3.8) is 0 Å². The van der Waals surface area contributed by atoms with E-state index in [1.807, 2.05) is 18.2 Å². The van der Waals surface area contributed by atoms with Crippen LogP contribution in [-0.2, 0) is 15.9 Å². The normalized spacial score (nSPS) is 7.40. The molecule has 1 rings (SSSR count). The minimum Gasteiger partial charge on any atom is -0.0622 e. The standard InChI is InChI=1S/C7H8.CH3OS/c1-7-5-3-2-4-6-7;1-3-2/h2-6H,1H3;1H3/q;+1. The average molecular weight is 155 g/mol. The number of hydrogen-bond acceptors (Lipinski definition) is 1. The van der Waals surface area contributed by atoms with Gasteiger partial charge >= 0.3 is 11.7 Å². The molecule has 10 heavy (non-hydrogen) atoms. The van der Waals surface area contributed by atoms with Gasteiger partial charge in [-0.05, 0) is 6.92 Å². The molecule has 1 aromatic rings. The van der Waals surface area contributed by atoms with Crippen molar-refractivity contribution in [1.29, 1.82) is 0 Å². The summed E-state index contributed by atoms with van der Waals surface area (Å²) in [6, 6.07) is 10.3. The van der Waals surface area contributed by atoms with Gasteiger partial charge in [0.25, 0.3) is 0 Å². The maximum atomic E-state index is 8.85. The second kappa shape index (κ2) is 6.36. The summed E-state index contributed by atoms with van der Waals surface area (Å²) in [6.45, 7) is 2.08. The molecular weight excluding hydrogens is 144 g/mol. The third-order valence-corrected chi connectivity index (χ3v) is 0.940. The highest BCUT2D eigenvalue weighted by Crippen LogP contribution is 1.92. The van der Waals surface area contributed by atoms with Crippen LogP contribution in [0.3, 0.4) is 0 Å². The van der Waals surface area contributed by atoms with Crippen molar-refractivity contribution >= 4 is 11.7 Å². The summed E-state index contributed by atoms with van der Waals surface area (Å²) in [6.07, 6.45) is 1.49. The van der Waals surface area contributed by atoms with Gasteiger partial charge in [-0.25, -0.2) is 0 Å². The number of hydrogen-bond donors (Lipinski definition) is 0. The zero-order valence-corrected chi connectivity index (χ0v) is 7.02. The molecule has 0 unspecified atom stereocenters. The molecule has 0 aromatic heterocycles. The molecule has 0 aliphatic rings. The van der Waals surface area contributed by atoms with Gasteiger partial charge < -0.3 is 0 Å². The molecule has 0 N–H and O–H groups in total. The van der Waals surface area contributed by atoms with Crippen molar-refractivity contribution < 1.29 is 4.21 Å². The monoisotopic (exact) mass is 155 g/mol. The molecule has 2 heteroatoms. The topological polar surface area (TPSA) is 17.1 Å². The van der Waals surface area contributed by atoms with E-state index in [2.05, 4.69) is 19.1 Å². The number of benzene rings is 1. The van der Waals surface area contributed by atoms with E-state index in [9.17, 15) is 0 Å². The van der Waals surface area contributed by atoms with Crippen LogP contribution in [0.25, 0.3) is 0 Å². The van der Waals surface area contributed by atoms with Gasteiger partial charge in [0, 0.05) is 4.21 Å². The minimum absolute atomic E-state index is 0.500. The first-order chi connectivity index (χ1) is 4.81. The third kappa shape index (κ3) is 5.38. The second-order valence-corrected chi connectivity index (χ2v) is 2.15. The summed E-state index contributed by atoms with van der Waals surface area (Å²) < 4.78 is 8.85. The van der Waals surface area contributed by atoms with Crippen LogP contribution in [-0.4, -0.2) is 6.26 Å². The van der Waals surface area contributed by atoms with Crippen molar-refractivity contribution in [3.05, 3.63) is 35.9 Å². The van der Waals surface area contributed by atoms with E-state index in [0.29, 0.717) is 11.7 Å². The van der Waals surface area contributed by atoms with E-state index in [1.165, 1.54) is 11.8 Å². The van der Waals surface area contributed by atoms with Crippen molar-refractivity contribution in [1.82, 2.24) is 0 Å². The van der Waals surface area contributed by atoms with Gasteiger partial charge in [-0.2, -0.15) is 0 Å². The van der Waals surface area contributed by atoms with Crippen molar-refractivity contribution in [2.75, 3.05) is 6.26 Å². The van der Waals surface area contributed by atoms with Gasteiger partial charge in [0.1, 0.15) is 0 Å². The first-order valence-corrected chi connectivity index (χ1v) is 4.14. The molecular formula is C8H11OS+. The van der Waals surface area contributed by atoms with Gasteiger partial charge in [-0.1, -0.05) is 35.9 Å². The summed E-state index contributed by atoms with van der Waals surface area (Å²) >= 11 is 0.500. The fraction of sp³-hybridized carbons (Fsp3) is 0.250. The van der Waals surface area contributed by atoms with Crippen LogP contribution >= 0.6 is 0 Å². The van der Waals surface area contributed by atoms with Crippen molar-refractivity contribution in [2.45, 2.75) is 6.92 Å². The zero-order chi connectivity index (χ0) is 7.82. The predicted octanol–water partition coefficient (Wildman–Crippen LogP) is 2.04. The lowest BCUT2D eigenvalue weighted by atomic mass is 10.2. The average Bonchev–Trinajstić information content (AvgIpc) is 1.91. The van der Waals surface area contributed by atoms with E-state index in [4.69, 9.17) is 4.21 Å². The maximum Gasteiger partial charge on any atom is 0.455 e. The molecule has 0 bridgehead atoms. The number of aryl methyl sites for hydroxylation is 1. The lowest BCUT2D eigenvalue weighted by Crippen LogP contribution is -1.62. The summed E-state index contributed by atoms with van der Waals surface area (Å²) in [5.74, 6) is 0. The Balaban J connectivity index is 0.000000236. The molecule has 0 aliphatic carbocycles. The Hall–Kier alpha value is -0.760. The Morgan fingerprint density at radius 1 is 1.20 bits per heavy atom. The molecule has 0 heterocycles. The SMILES string of the molecule is C[S+]=O.Cc1ccccc1. The fourth-order valence-corrected chi connectivity index (χ4v) is 0.534. The van der Waals surface area contributed by atoms with Crippen LogP contribution in [0.2, 0.25) is 0 Å². The Morgan fingerprint density at radius 2 is 1.60 bits per heavy atom. The summed E-state index contributed by atoms with van der Waals surface area (Å²) in [7, 11) is 0. The minimum atomic E-state index is 0.500. The van der Waals surface area contributed by atoms with Gasteiger partial charge in [0.2, 0.25) is 6.26 Å². The van der Waals surface area contributed by atoms with Crippen LogP contribution in [0.4, 0.5) is 0 Å². The largest absolute Gasteiger partial charge is 0.455 e. The summed E-state index contributed by atoms with van der Waals surface area (Å²) in [5.41, 5.74) is 1.32. The van der Waals surface area contributed by atoms with Crippen LogP contribution in [0.5, 0.6) is 0 Å². The highest BCUT2D eigenvalue weighted by atomic mass is 32.1. The van der Waals surface area contributed by atoms with Gasteiger partial charge in [0.15, 0.2) is 0 Å². The van der Waals surface area contributed by atoms with E-state index in [1.54, 1.807) is 0 Å². The van der Waals surface area contributed by atoms with E-state index >= 15 is 0 Å². The smallest absolute Gasteiger partial charge is 0.0622 e. The molecule has 0 aliphatic heterocycles. The van der Waals surface area contributed by atoms with Crippen LogP contribution in [0.1, 0.15) is 5.56 Å². The summed E-state index contributed by atoms with van der Waals surface area (Å²) in [4.78, 5) is 0. The van der Waals surface area contributed by atoms with Gasteiger partial charge in [-0.15, -0.1) is 0 Å². The molecule has 0 saturated heterocycles. The van der Waals surface area contributed by atoms with Crippen molar-refractivity contribution in [2.24, 2.45) is 0 Å². The molecule has 1 aromatic carbocycles. The van der Waals surface area contributed by atoms with E-state index in [0.717, 1.165) is 0 Å². The Kier molecular flexibility index (Phi) is 5.88. The van der Waals surface area contributed by atoms with E-state index in [-0.39, 0.29) is 0 Å². The first-order valence-electron chi connectivity index (χ1n) is 2.99. The first kappa shape index (κ1) is 9.24. The molecule has 1 nitrogen and oxygen atoms in total. The van der Waals surface area contributed by atoms with Crippen LogP contribution < -0.4 is 0 Å². The Morgan fingerprint density at radius 3 is 1.80 bits per heavy atom. The molecule has 0 radical (unpaired) electrons. The van der Waals surface area contributed by atoms with Gasteiger partial charge in [-0.3, -0.25) is 0 Å².